The normalized spacial score (nSPS) is 14.0. The molecule has 29 heavy (non-hydrogen) atoms. The third kappa shape index (κ3) is 4.23. The zero-order chi connectivity index (χ0) is 21.3. The number of amides is 1. The number of halogens is 1. The first-order chi connectivity index (χ1) is 13.6. The maximum absolute atomic E-state index is 13.1. The van der Waals surface area contributed by atoms with E-state index >= 15 is 0 Å². The van der Waals surface area contributed by atoms with Crippen LogP contribution in [0.4, 0.5) is 11.4 Å². The third-order valence-corrected chi connectivity index (χ3v) is 6.77. The van der Waals surface area contributed by atoms with E-state index in [0.717, 1.165) is 0 Å². The van der Waals surface area contributed by atoms with E-state index in [1.165, 1.54) is 44.2 Å². The Bertz CT molecular complexity index is 1080. The zero-order valence-corrected chi connectivity index (χ0v) is 17.9. The quantitative estimate of drug-likeness (QED) is 0.527. The summed E-state index contributed by atoms with van der Waals surface area (Å²) in [6.07, 6.45) is 0.597. The van der Waals surface area contributed by atoms with E-state index in [9.17, 15) is 18.0 Å². The highest BCUT2D eigenvalue weighted by Crippen LogP contribution is 2.46. The van der Waals surface area contributed by atoms with Gasteiger partial charge in [0.05, 0.1) is 21.2 Å². The molecule has 2 aromatic carbocycles. The second-order valence-electron chi connectivity index (χ2n) is 6.78. The van der Waals surface area contributed by atoms with Crippen molar-refractivity contribution in [2.75, 3.05) is 25.0 Å². The lowest BCUT2D eigenvalue weighted by Crippen LogP contribution is -2.31. The van der Waals surface area contributed by atoms with Gasteiger partial charge in [-0.3, -0.25) is 9.59 Å². The van der Waals surface area contributed by atoms with Crippen LogP contribution in [0.15, 0.2) is 46.2 Å². The summed E-state index contributed by atoms with van der Waals surface area (Å²) >= 11 is 6.14. The van der Waals surface area contributed by atoms with Gasteiger partial charge in [-0.1, -0.05) is 11.6 Å². The third-order valence-electron chi connectivity index (χ3n) is 4.69. The van der Waals surface area contributed by atoms with E-state index in [1.54, 1.807) is 18.0 Å². The second kappa shape index (κ2) is 8.04. The Labute approximate surface area is 174 Å². The van der Waals surface area contributed by atoms with Crippen LogP contribution in [0.3, 0.4) is 0 Å². The number of ether oxygens (including phenoxy) is 1. The van der Waals surface area contributed by atoms with E-state index in [2.05, 4.69) is 0 Å². The molecule has 3 rings (SSSR count). The summed E-state index contributed by atoms with van der Waals surface area (Å²) in [6, 6.07) is 9.06. The Hall–Kier alpha value is -2.58. The van der Waals surface area contributed by atoms with Gasteiger partial charge in [0.25, 0.3) is 0 Å². The zero-order valence-electron chi connectivity index (χ0n) is 16.3. The minimum Gasteiger partial charge on any atom is -0.427 e. The van der Waals surface area contributed by atoms with E-state index in [4.69, 9.17) is 16.3 Å². The number of anilines is 2. The number of carbonyl (C=O) groups is 2. The number of carbonyl (C=O) groups excluding carboxylic acids is 2. The first-order valence-electron chi connectivity index (χ1n) is 8.97. The molecule has 0 fully saturated rings. The van der Waals surface area contributed by atoms with Crippen molar-refractivity contribution in [3.8, 4) is 5.75 Å². The van der Waals surface area contributed by atoms with E-state index in [1.807, 2.05) is 4.90 Å². The van der Waals surface area contributed by atoms with Crippen LogP contribution in [0, 0.1) is 0 Å². The summed E-state index contributed by atoms with van der Waals surface area (Å²) in [5.41, 5.74) is 0.861. The highest BCUT2D eigenvalue weighted by molar-refractivity contribution is 7.92. The van der Waals surface area contributed by atoms with E-state index < -0.39 is 15.8 Å². The first-order valence-corrected chi connectivity index (χ1v) is 10.8. The molecule has 1 amide bonds. The standard InChI is InChI=1S/C20H21ClN2O5S/c1-13(24)22(3)9-4-10-23-17-11-15(21)5-7-19(17)29(26,27)20-8-6-16(12-18(20)23)28-14(2)25/h5-8,11-12H,4,9-10H2,1-3H3. The molecule has 0 aromatic heterocycles. The highest BCUT2D eigenvalue weighted by atomic mass is 35.5. The maximum Gasteiger partial charge on any atom is 0.308 e. The number of fused-ring (bicyclic) bond motifs is 2. The van der Waals surface area contributed by atoms with Crippen molar-refractivity contribution >= 4 is 44.7 Å². The molecule has 1 aliphatic heterocycles. The minimum atomic E-state index is -3.76. The summed E-state index contributed by atoms with van der Waals surface area (Å²) in [7, 11) is -2.05. The Balaban J connectivity index is 2.07. The Morgan fingerprint density at radius 3 is 2.31 bits per heavy atom. The van der Waals surface area contributed by atoms with Crippen molar-refractivity contribution in [1.82, 2.24) is 4.90 Å². The molecule has 9 heteroatoms. The molecule has 7 nitrogen and oxygen atoms in total. The van der Waals surface area contributed by atoms with Gasteiger partial charge in [0.1, 0.15) is 5.75 Å². The van der Waals surface area contributed by atoms with Crippen molar-refractivity contribution in [3.63, 3.8) is 0 Å². The first kappa shape index (κ1) is 21.1. The molecule has 0 saturated carbocycles. The topological polar surface area (TPSA) is 84.0 Å². The fourth-order valence-corrected chi connectivity index (χ4v) is 4.99. The lowest BCUT2D eigenvalue weighted by atomic mass is 10.2. The smallest absolute Gasteiger partial charge is 0.308 e. The van der Waals surface area contributed by atoms with Crippen LogP contribution in [0.1, 0.15) is 20.3 Å². The Morgan fingerprint density at radius 2 is 1.69 bits per heavy atom. The van der Waals surface area contributed by atoms with Crippen molar-refractivity contribution in [1.29, 1.82) is 0 Å². The molecule has 0 radical (unpaired) electrons. The Kier molecular flexibility index (Phi) is 5.86. The fraction of sp³-hybridized carbons (Fsp3) is 0.300. The number of esters is 1. The number of nitrogens with zero attached hydrogens (tertiary/aromatic N) is 2. The second-order valence-corrected chi connectivity index (χ2v) is 9.11. The average Bonchev–Trinajstić information content (AvgIpc) is 2.63. The predicted octanol–water partition coefficient (Wildman–Crippen LogP) is 3.42. The Morgan fingerprint density at radius 1 is 1.07 bits per heavy atom. The predicted molar refractivity (Wildman–Crippen MR) is 110 cm³/mol. The van der Waals surface area contributed by atoms with Gasteiger partial charge in [-0.05, 0) is 36.8 Å². The molecule has 2 aromatic rings. The van der Waals surface area contributed by atoms with Crippen LogP contribution in [0.2, 0.25) is 5.02 Å². The van der Waals surface area contributed by atoms with E-state index in [-0.39, 0.29) is 21.4 Å². The minimum absolute atomic E-state index is 0.0489. The fourth-order valence-electron chi connectivity index (χ4n) is 3.21. The molecule has 154 valence electrons. The van der Waals surface area contributed by atoms with Gasteiger partial charge >= 0.3 is 5.97 Å². The van der Waals surface area contributed by atoms with Crippen molar-refractivity contribution < 1.29 is 22.7 Å². The van der Waals surface area contributed by atoms with Crippen LogP contribution >= 0.6 is 11.6 Å². The molecule has 1 aliphatic rings. The summed E-state index contributed by atoms with van der Waals surface area (Å²) in [5.74, 6) is -0.295. The number of rotatable bonds is 5. The number of hydrogen-bond acceptors (Lipinski definition) is 6. The van der Waals surface area contributed by atoms with Gasteiger partial charge < -0.3 is 14.5 Å². The van der Waals surface area contributed by atoms with Crippen molar-refractivity contribution in [3.05, 3.63) is 41.4 Å². The molecular formula is C20H21ClN2O5S. The lowest BCUT2D eigenvalue weighted by molar-refractivity contribution is -0.132. The molecule has 0 unspecified atom stereocenters. The molecule has 0 spiro atoms. The van der Waals surface area contributed by atoms with Crippen molar-refractivity contribution in [2.24, 2.45) is 0 Å². The van der Waals surface area contributed by atoms with Gasteiger partial charge in [0, 0.05) is 45.1 Å². The van der Waals surface area contributed by atoms with Crippen LogP contribution in [-0.4, -0.2) is 45.3 Å². The van der Waals surface area contributed by atoms with Crippen molar-refractivity contribution in [2.45, 2.75) is 30.1 Å². The van der Waals surface area contributed by atoms with Gasteiger partial charge in [0.2, 0.25) is 15.7 Å². The van der Waals surface area contributed by atoms with Gasteiger partial charge in [-0.2, -0.15) is 0 Å². The monoisotopic (exact) mass is 436 g/mol. The molecule has 0 aliphatic carbocycles. The van der Waals surface area contributed by atoms with Crippen LogP contribution in [0.5, 0.6) is 5.75 Å². The van der Waals surface area contributed by atoms with Crippen LogP contribution in [-0.2, 0) is 19.4 Å². The largest absolute Gasteiger partial charge is 0.427 e. The molecule has 0 saturated heterocycles. The summed E-state index contributed by atoms with van der Waals surface area (Å²) in [5, 5.41) is 0.407. The van der Waals surface area contributed by atoms with Crippen LogP contribution in [0.25, 0.3) is 0 Å². The molecule has 0 N–H and O–H groups in total. The SMILES string of the molecule is CC(=O)Oc1ccc2c(c1)N(CCCN(C)C(C)=O)c1cc(Cl)ccc1S2(=O)=O. The lowest BCUT2D eigenvalue weighted by Gasteiger charge is -2.33. The summed E-state index contributed by atoms with van der Waals surface area (Å²) in [6.45, 7) is 3.72. The summed E-state index contributed by atoms with van der Waals surface area (Å²) < 4.78 is 31.4. The average molecular weight is 437 g/mol. The number of sulfone groups is 1. The van der Waals surface area contributed by atoms with E-state index in [0.29, 0.717) is 35.9 Å². The number of hydrogen-bond donors (Lipinski definition) is 0. The van der Waals surface area contributed by atoms with Gasteiger partial charge in [-0.15, -0.1) is 0 Å². The van der Waals surface area contributed by atoms with Gasteiger partial charge in [-0.25, -0.2) is 8.42 Å². The summed E-state index contributed by atoms with van der Waals surface area (Å²) in [4.78, 5) is 26.5. The maximum atomic E-state index is 13.1. The van der Waals surface area contributed by atoms with Gasteiger partial charge in [0.15, 0.2) is 0 Å². The molecule has 1 heterocycles. The van der Waals surface area contributed by atoms with Crippen LogP contribution < -0.4 is 9.64 Å². The highest BCUT2D eigenvalue weighted by Gasteiger charge is 2.34. The molecule has 0 bridgehead atoms. The molecular weight excluding hydrogens is 416 g/mol. The molecule has 0 atom stereocenters. The number of benzene rings is 2.